The van der Waals surface area contributed by atoms with Crippen LogP contribution in [0.3, 0.4) is 0 Å². The number of hydrogen-bond donors (Lipinski definition) is 2. The van der Waals surface area contributed by atoms with E-state index in [2.05, 4.69) is 5.32 Å². The summed E-state index contributed by atoms with van der Waals surface area (Å²) in [6, 6.07) is 7.14. The summed E-state index contributed by atoms with van der Waals surface area (Å²) in [5.74, 6) is 0.533. The standard InChI is InChI=1S/C19H26N2O5/c1-24-15-4-2-3-14(9-15)20-18(22)21-10-13-11-26-8-6-19(13,23)16-12-25-7-5-17(16)21/h2-4,9,13,16-17,23H,5-8,10-12H2,1H3,(H,20,22)/t13-,16+,17-,19-/m1/s1. The van der Waals surface area contributed by atoms with Gasteiger partial charge in [0.1, 0.15) is 5.75 Å². The highest BCUT2D eigenvalue weighted by Gasteiger charge is 2.56. The van der Waals surface area contributed by atoms with Crippen LogP contribution in [0.5, 0.6) is 5.75 Å². The first-order valence-electron chi connectivity index (χ1n) is 9.21. The van der Waals surface area contributed by atoms with Crippen LogP contribution in [-0.2, 0) is 9.47 Å². The molecular formula is C19H26N2O5. The van der Waals surface area contributed by atoms with Crippen LogP contribution in [0.2, 0.25) is 0 Å². The van der Waals surface area contributed by atoms with Crippen molar-refractivity contribution in [3.8, 4) is 5.75 Å². The summed E-state index contributed by atoms with van der Waals surface area (Å²) in [5.41, 5.74) is -0.116. The zero-order valence-electron chi connectivity index (χ0n) is 15.0. The Morgan fingerprint density at radius 2 is 2.19 bits per heavy atom. The fourth-order valence-electron chi connectivity index (χ4n) is 4.59. The third-order valence-electron chi connectivity index (χ3n) is 6.03. The smallest absolute Gasteiger partial charge is 0.322 e. The summed E-state index contributed by atoms with van der Waals surface area (Å²) in [7, 11) is 1.60. The number of piperidine rings is 1. The Morgan fingerprint density at radius 3 is 3.04 bits per heavy atom. The lowest BCUT2D eigenvalue weighted by Crippen LogP contribution is -2.69. The number of nitrogens with zero attached hydrogens (tertiary/aromatic N) is 1. The molecule has 0 aromatic heterocycles. The summed E-state index contributed by atoms with van der Waals surface area (Å²) >= 11 is 0. The van der Waals surface area contributed by atoms with E-state index in [1.807, 2.05) is 23.1 Å². The molecule has 1 aromatic rings. The molecule has 2 N–H and O–H groups in total. The lowest BCUT2D eigenvalue weighted by Gasteiger charge is -2.56. The SMILES string of the molecule is COc1cccc(NC(=O)N2C[C@@H]3COCC[C@]3(O)[C@H]3COCC[C@H]32)c1. The van der Waals surface area contributed by atoms with Gasteiger partial charge in [-0.2, -0.15) is 0 Å². The third kappa shape index (κ3) is 3.04. The van der Waals surface area contributed by atoms with Crippen LogP contribution in [0.25, 0.3) is 0 Å². The van der Waals surface area contributed by atoms with Crippen molar-refractivity contribution in [1.82, 2.24) is 4.90 Å². The first-order valence-corrected chi connectivity index (χ1v) is 9.21. The molecule has 0 saturated carbocycles. The maximum absolute atomic E-state index is 13.0. The zero-order valence-corrected chi connectivity index (χ0v) is 15.0. The molecule has 0 bridgehead atoms. The zero-order chi connectivity index (χ0) is 18.1. The highest BCUT2D eigenvalue weighted by atomic mass is 16.5. The van der Waals surface area contributed by atoms with Crippen LogP contribution in [0.1, 0.15) is 12.8 Å². The molecule has 3 aliphatic heterocycles. The van der Waals surface area contributed by atoms with Crippen LogP contribution < -0.4 is 10.1 Å². The van der Waals surface area contributed by atoms with Crippen molar-refractivity contribution in [3.63, 3.8) is 0 Å². The molecule has 1 aromatic carbocycles. The van der Waals surface area contributed by atoms with Gasteiger partial charge in [-0.25, -0.2) is 4.79 Å². The Bertz CT molecular complexity index is 669. The van der Waals surface area contributed by atoms with Crippen molar-refractivity contribution in [3.05, 3.63) is 24.3 Å². The Kier molecular flexibility index (Phi) is 4.77. The minimum atomic E-state index is -0.809. The van der Waals surface area contributed by atoms with E-state index in [0.717, 1.165) is 6.42 Å². The van der Waals surface area contributed by atoms with Crippen molar-refractivity contribution in [1.29, 1.82) is 0 Å². The number of carbonyl (C=O) groups excluding carboxylic acids is 1. The number of anilines is 1. The van der Waals surface area contributed by atoms with E-state index in [9.17, 15) is 9.90 Å². The molecule has 3 saturated heterocycles. The maximum atomic E-state index is 13.0. The summed E-state index contributed by atoms with van der Waals surface area (Å²) in [6.07, 6.45) is 1.35. The molecule has 2 amide bonds. The van der Waals surface area contributed by atoms with Crippen LogP contribution in [0.15, 0.2) is 24.3 Å². The quantitative estimate of drug-likeness (QED) is 0.837. The second-order valence-corrected chi connectivity index (χ2v) is 7.36. The summed E-state index contributed by atoms with van der Waals surface area (Å²) in [5, 5.41) is 14.3. The van der Waals surface area contributed by atoms with Crippen molar-refractivity contribution in [2.24, 2.45) is 11.8 Å². The number of likely N-dealkylation sites (tertiary alicyclic amines) is 1. The predicted octanol–water partition coefficient (Wildman–Crippen LogP) is 1.72. The fourth-order valence-corrected chi connectivity index (χ4v) is 4.59. The van der Waals surface area contributed by atoms with Crippen molar-refractivity contribution in [2.75, 3.05) is 45.4 Å². The molecule has 3 heterocycles. The van der Waals surface area contributed by atoms with Gasteiger partial charge in [-0.15, -0.1) is 0 Å². The molecule has 4 atom stereocenters. The molecule has 7 nitrogen and oxygen atoms in total. The van der Waals surface area contributed by atoms with Crippen LogP contribution in [0.4, 0.5) is 10.5 Å². The van der Waals surface area contributed by atoms with E-state index < -0.39 is 5.60 Å². The van der Waals surface area contributed by atoms with Gasteiger partial charge >= 0.3 is 6.03 Å². The lowest BCUT2D eigenvalue weighted by molar-refractivity contribution is -0.211. The summed E-state index contributed by atoms with van der Waals surface area (Å²) < 4.78 is 16.5. The molecule has 3 fully saturated rings. The summed E-state index contributed by atoms with van der Waals surface area (Å²) in [6.45, 7) is 2.63. The Hall–Kier alpha value is -1.83. The molecule has 7 heteroatoms. The van der Waals surface area contributed by atoms with Gasteiger partial charge < -0.3 is 29.5 Å². The normalized spacial score (nSPS) is 33.8. The highest BCUT2D eigenvalue weighted by Crippen LogP contribution is 2.44. The summed E-state index contributed by atoms with van der Waals surface area (Å²) in [4.78, 5) is 14.9. The molecule has 0 aliphatic carbocycles. The largest absolute Gasteiger partial charge is 0.497 e. The predicted molar refractivity (Wildman–Crippen MR) is 95.3 cm³/mol. The molecule has 0 spiro atoms. The molecular weight excluding hydrogens is 336 g/mol. The second-order valence-electron chi connectivity index (χ2n) is 7.36. The Morgan fingerprint density at radius 1 is 1.35 bits per heavy atom. The van der Waals surface area contributed by atoms with Crippen LogP contribution in [0, 0.1) is 11.8 Å². The van der Waals surface area contributed by atoms with Gasteiger partial charge in [-0.05, 0) is 18.6 Å². The van der Waals surface area contributed by atoms with E-state index in [4.69, 9.17) is 14.2 Å². The number of hydrogen-bond acceptors (Lipinski definition) is 5. The van der Waals surface area contributed by atoms with Crippen LogP contribution >= 0.6 is 0 Å². The minimum absolute atomic E-state index is 0.0197. The maximum Gasteiger partial charge on any atom is 0.322 e. The van der Waals surface area contributed by atoms with E-state index in [1.54, 1.807) is 13.2 Å². The number of aliphatic hydroxyl groups is 1. The van der Waals surface area contributed by atoms with E-state index in [1.165, 1.54) is 0 Å². The van der Waals surface area contributed by atoms with Crippen molar-refractivity contribution >= 4 is 11.7 Å². The van der Waals surface area contributed by atoms with Gasteiger partial charge in [0.25, 0.3) is 0 Å². The first kappa shape index (κ1) is 17.6. The van der Waals surface area contributed by atoms with E-state index in [-0.39, 0.29) is 23.9 Å². The molecule has 142 valence electrons. The lowest BCUT2D eigenvalue weighted by atomic mass is 9.66. The van der Waals surface area contributed by atoms with Crippen molar-refractivity contribution in [2.45, 2.75) is 24.5 Å². The third-order valence-corrected chi connectivity index (χ3v) is 6.03. The Labute approximate surface area is 153 Å². The number of methoxy groups -OCH3 is 1. The van der Waals surface area contributed by atoms with Gasteiger partial charge in [0.15, 0.2) is 0 Å². The molecule has 3 aliphatic rings. The van der Waals surface area contributed by atoms with Crippen molar-refractivity contribution < 1.29 is 24.1 Å². The number of amides is 2. The van der Waals surface area contributed by atoms with Crippen LogP contribution in [-0.4, -0.2) is 67.8 Å². The van der Waals surface area contributed by atoms with Gasteiger partial charge in [0, 0.05) is 55.8 Å². The minimum Gasteiger partial charge on any atom is -0.497 e. The molecule has 0 unspecified atom stereocenters. The second kappa shape index (κ2) is 7.06. The number of rotatable bonds is 2. The number of fused-ring (bicyclic) bond motifs is 3. The Balaban J connectivity index is 1.55. The topological polar surface area (TPSA) is 80.3 Å². The van der Waals surface area contributed by atoms with Gasteiger partial charge in [-0.3, -0.25) is 0 Å². The fraction of sp³-hybridized carbons (Fsp3) is 0.632. The number of ether oxygens (including phenoxy) is 3. The van der Waals surface area contributed by atoms with Gasteiger partial charge in [0.2, 0.25) is 0 Å². The molecule has 4 rings (SSSR count). The van der Waals surface area contributed by atoms with E-state index in [0.29, 0.717) is 50.8 Å². The number of carbonyl (C=O) groups is 1. The van der Waals surface area contributed by atoms with E-state index >= 15 is 0 Å². The average Bonchev–Trinajstić information content (AvgIpc) is 2.67. The van der Waals surface area contributed by atoms with Gasteiger partial charge in [-0.1, -0.05) is 6.07 Å². The molecule has 0 radical (unpaired) electrons. The number of benzene rings is 1. The number of nitrogens with one attached hydrogen (secondary N) is 1. The molecule has 26 heavy (non-hydrogen) atoms. The monoisotopic (exact) mass is 362 g/mol. The number of urea groups is 1. The first-order chi connectivity index (χ1) is 12.6. The van der Waals surface area contributed by atoms with Gasteiger partial charge in [0.05, 0.1) is 25.9 Å². The highest BCUT2D eigenvalue weighted by molar-refractivity contribution is 5.90. The average molecular weight is 362 g/mol.